The van der Waals surface area contributed by atoms with Crippen LogP contribution in [0.2, 0.25) is 0 Å². The number of tetrazole rings is 1. The number of H-pyrrole nitrogens is 1. The molecular weight excluding hydrogens is 223 g/mol. The summed E-state index contributed by atoms with van der Waals surface area (Å²) in [5.74, 6) is 0.192. The summed E-state index contributed by atoms with van der Waals surface area (Å²) >= 11 is 0. The number of hydrogen-bond acceptors (Lipinski definition) is 4. The lowest BCUT2D eigenvalue weighted by Crippen LogP contribution is -1.93. The van der Waals surface area contributed by atoms with Crippen molar-refractivity contribution in [2.45, 2.75) is 0 Å². The van der Waals surface area contributed by atoms with Crippen LogP contribution >= 0.6 is 0 Å². The Morgan fingerprint density at radius 1 is 1.18 bits per heavy atom. The van der Waals surface area contributed by atoms with Crippen LogP contribution in [0.15, 0.2) is 36.7 Å². The van der Waals surface area contributed by atoms with E-state index in [1.165, 1.54) is 12.1 Å². The molecule has 0 aliphatic heterocycles. The van der Waals surface area contributed by atoms with Crippen LogP contribution in [-0.4, -0.2) is 30.4 Å². The summed E-state index contributed by atoms with van der Waals surface area (Å²) in [6.07, 6.45) is 3.37. The molecule has 7 heteroatoms. The summed E-state index contributed by atoms with van der Waals surface area (Å²) < 4.78 is 14.4. The summed E-state index contributed by atoms with van der Waals surface area (Å²) in [6.45, 7) is 0. The normalized spacial score (nSPS) is 10.6. The highest BCUT2D eigenvalue weighted by atomic mass is 19.1. The van der Waals surface area contributed by atoms with Crippen LogP contribution in [0.25, 0.3) is 17.1 Å². The molecule has 3 aromatic rings. The number of aromatic amines is 1. The predicted octanol–water partition coefficient (Wildman–Crippen LogP) is 1.19. The van der Waals surface area contributed by atoms with E-state index >= 15 is 0 Å². The molecule has 0 atom stereocenters. The zero-order valence-corrected chi connectivity index (χ0v) is 8.58. The molecule has 0 radical (unpaired) electrons. The number of aromatic nitrogens is 6. The van der Waals surface area contributed by atoms with E-state index in [0.717, 1.165) is 11.3 Å². The Balaban J connectivity index is 1.98. The van der Waals surface area contributed by atoms with Gasteiger partial charge in [0.05, 0.1) is 17.4 Å². The number of nitrogens with one attached hydrogen (secondary N) is 1. The lowest BCUT2D eigenvalue weighted by atomic mass is 10.3. The van der Waals surface area contributed by atoms with Crippen molar-refractivity contribution < 1.29 is 4.39 Å². The van der Waals surface area contributed by atoms with E-state index < -0.39 is 0 Å². The van der Waals surface area contributed by atoms with E-state index in [1.54, 1.807) is 29.2 Å². The SMILES string of the molecule is Fc1ccc(-n2cc(-c3nn[nH]n3)cn2)cc1. The minimum Gasteiger partial charge on any atom is -0.240 e. The molecule has 0 fully saturated rings. The van der Waals surface area contributed by atoms with Gasteiger partial charge in [-0.25, -0.2) is 9.07 Å². The summed E-state index contributed by atoms with van der Waals surface area (Å²) in [5.41, 5.74) is 1.50. The van der Waals surface area contributed by atoms with Gasteiger partial charge in [-0.1, -0.05) is 0 Å². The fraction of sp³-hybridized carbons (Fsp3) is 0. The zero-order chi connectivity index (χ0) is 11.7. The average molecular weight is 230 g/mol. The monoisotopic (exact) mass is 230 g/mol. The van der Waals surface area contributed by atoms with Gasteiger partial charge < -0.3 is 0 Å². The van der Waals surface area contributed by atoms with Gasteiger partial charge >= 0.3 is 0 Å². The summed E-state index contributed by atoms with van der Waals surface area (Å²) in [5, 5.41) is 17.7. The lowest BCUT2D eigenvalue weighted by molar-refractivity contribution is 0.627. The van der Waals surface area contributed by atoms with Crippen molar-refractivity contribution in [3.63, 3.8) is 0 Å². The van der Waals surface area contributed by atoms with Gasteiger partial charge in [-0.3, -0.25) is 0 Å². The second-order valence-corrected chi connectivity index (χ2v) is 3.39. The number of rotatable bonds is 2. The quantitative estimate of drug-likeness (QED) is 0.717. The van der Waals surface area contributed by atoms with Crippen molar-refractivity contribution in [2.75, 3.05) is 0 Å². The first-order valence-corrected chi connectivity index (χ1v) is 4.87. The highest BCUT2D eigenvalue weighted by Gasteiger charge is 2.06. The molecule has 0 saturated carbocycles. The minimum atomic E-state index is -0.278. The van der Waals surface area contributed by atoms with Crippen LogP contribution in [0.5, 0.6) is 0 Å². The van der Waals surface area contributed by atoms with Crippen LogP contribution < -0.4 is 0 Å². The molecule has 3 rings (SSSR count). The lowest BCUT2D eigenvalue weighted by Gasteiger charge is -1.99. The Kier molecular flexibility index (Phi) is 2.14. The van der Waals surface area contributed by atoms with Crippen molar-refractivity contribution in [3.8, 4) is 17.1 Å². The molecule has 2 aromatic heterocycles. The Morgan fingerprint density at radius 2 is 2.00 bits per heavy atom. The molecule has 17 heavy (non-hydrogen) atoms. The Labute approximate surface area is 95.1 Å². The van der Waals surface area contributed by atoms with E-state index in [-0.39, 0.29) is 5.82 Å². The summed E-state index contributed by atoms with van der Waals surface area (Å²) in [6, 6.07) is 6.04. The zero-order valence-electron chi connectivity index (χ0n) is 8.58. The van der Waals surface area contributed by atoms with Crippen molar-refractivity contribution >= 4 is 0 Å². The van der Waals surface area contributed by atoms with E-state index in [4.69, 9.17) is 0 Å². The van der Waals surface area contributed by atoms with Gasteiger partial charge in [0, 0.05) is 6.20 Å². The maximum Gasteiger partial charge on any atom is 0.207 e. The number of nitrogens with zero attached hydrogens (tertiary/aromatic N) is 5. The van der Waals surface area contributed by atoms with Crippen LogP contribution in [0.4, 0.5) is 4.39 Å². The smallest absolute Gasteiger partial charge is 0.207 e. The Hall–Kier alpha value is -2.57. The largest absolute Gasteiger partial charge is 0.240 e. The summed E-state index contributed by atoms with van der Waals surface area (Å²) in [4.78, 5) is 0. The van der Waals surface area contributed by atoms with Crippen LogP contribution in [0.3, 0.4) is 0 Å². The highest BCUT2D eigenvalue weighted by molar-refractivity contribution is 5.51. The van der Waals surface area contributed by atoms with Gasteiger partial charge in [0.1, 0.15) is 5.82 Å². The first-order valence-electron chi connectivity index (χ1n) is 4.87. The Morgan fingerprint density at radius 3 is 2.71 bits per heavy atom. The van der Waals surface area contributed by atoms with E-state index in [2.05, 4.69) is 25.7 Å². The van der Waals surface area contributed by atoms with Crippen molar-refractivity contribution in [2.24, 2.45) is 0 Å². The summed E-state index contributed by atoms with van der Waals surface area (Å²) in [7, 11) is 0. The highest BCUT2D eigenvalue weighted by Crippen LogP contribution is 2.15. The van der Waals surface area contributed by atoms with Crippen molar-refractivity contribution in [3.05, 3.63) is 42.5 Å². The van der Waals surface area contributed by atoms with Gasteiger partial charge in [-0.05, 0) is 29.5 Å². The molecule has 2 heterocycles. The number of benzene rings is 1. The molecule has 0 saturated heterocycles. The molecule has 0 aliphatic rings. The van der Waals surface area contributed by atoms with Gasteiger partial charge in [-0.15, -0.1) is 10.2 Å². The molecule has 1 aromatic carbocycles. The molecule has 1 N–H and O–H groups in total. The fourth-order valence-corrected chi connectivity index (χ4v) is 1.46. The molecular formula is C10H7FN6. The molecule has 0 aliphatic carbocycles. The fourth-order valence-electron chi connectivity index (χ4n) is 1.46. The first kappa shape index (κ1) is 9.64. The molecule has 6 nitrogen and oxygen atoms in total. The third-order valence-corrected chi connectivity index (χ3v) is 2.28. The predicted molar refractivity (Wildman–Crippen MR) is 56.7 cm³/mol. The second kappa shape index (κ2) is 3.78. The van der Waals surface area contributed by atoms with E-state index in [0.29, 0.717) is 5.82 Å². The van der Waals surface area contributed by atoms with Crippen LogP contribution in [0.1, 0.15) is 0 Å². The number of halogens is 1. The van der Waals surface area contributed by atoms with Gasteiger partial charge in [0.2, 0.25) is 5.82 Å². The minimum absolute atomic E-state index is 0.278. The maximum absolute atomic E-state index is 12.8. The second-order valence-electron chi connectivity index (χ2n) is 3.39. The third kappa shape index (κ3) is 1.78. The van der Waals surface area contributed by atoms with Gasteiger partial charge in [0.25, 0.3) is 0 Å². The first-order chi connectivity index (χ1) is 8.33. The molecule has 0 spiro atoms. The van der Waals surface area contributed by atoms with Crippen molar-refractivity contribution in [1.82, 2.24) is 30.4 Å². The van der Waals surface area contributed by atoms with Crippen molar-refractivity contribution in [1.29, 1.82) is 0 Å². The molecule has 84 valence electrons. The van der Waals surface area contributed by atoms with E-state index in [9.17, 15) is 4.39 Å². The topological polar surface area (TPSA) is 72.3 Å². The third-order valence-electron chi connectivity index (χ3n) is 2.28. The Bertz CT molecular complexity index is 613. The van der Waals surface area contributed by atoms with Gasteiger partial charge in [-0.2, -0.15) is 10.3 Å². The standard InChI is InChI=1S/C10H7FN6/c11-8-1-3-9(4-2-8)17-6-7(5-12-17)10-13-15-16-14-10/h1-6H,(H,13,14,15,16). The van der Waals surface area contributed by atoms with E-state index in [1.807, 2.05) is 0 Å². The van der Waals surface area contributed by atoms with Gasteiger partial charge in [0.15, 0.2) is 0 Å². The molecule has 0 amide bonds. The van der Waals surface area contributed by atoms with Crippen LogP contribution in [-0.2, 0) is 0 Å². The van der Waals surface area contributed by atoms with Crippen LogP contribution in [0, 0.1) is 5.82 Å². The molecule has 0 bridgehead atoms. The number of hydrogen-bond donors (Lipinski definition) is 1. The maximum atomic E-state index is 12.8. The molecule has 0 unspecified atom stereocenters. The average Bonchev–Trinajstić information content (AvgIpc) is 3.00.